The second-order valence-corrected chi connectivity index (χ2v) is 4.67. The Morgan fingerprint density at radius 1 is 1.36 bits per heavy atom. The van der Waals surface area contributed by atoms with Crippen LogP contribution in [0.15, 0.2) is 0 Å². The Labute approximate surface area is 85.6 Å². The summed E-state index contributed by atoms with van der Waals surface area (Å²) in [5.41, 5.74) is 5.51. The van der Waals surface area contributed by atoms with Crippen LogP contribution in [-0.2, 0) is 0 Å². The molecule has 0 spiro atoms. The van der Waals surface area contributed by atoms with Gasteiger partial charge in [0.15, 0.2) is 5.96 Å². The molecule has 3 N–H and O–H groups in total. The molecule has 2 bridgehead atoms. The second-order valence-electron chi connectivity index (χ2n) is 4.67. The summed E-state index contributed by atoms with van der Waals surface area (Å²) < 4.78 is 0. The largest absolute Gasteiger partial charge is 0.370 e. The number of nitrogens with two attached hydrogens (primary N) is 1. The maximum atomic E-state index is 7.43. The Morgan fingerprint density at radius 2 is 1.86 bits per heavy atom. The molecule has 2 saturated heterocycles. The predicted octanol–water partition coefficient (Wildman–Crippen LogP) is 0.437. The quantitative estimate of drug-likeness (QED) is 0.472. The van der Waals surface area contributed by atoms with Crippen LogP contribution in [0, 0.1) is 5.41 Å². The van der Waals surface area contributed by atoms with Gasteiger partial charge in [-0.3, -0.25) is 5.41 Å². The van der Waals surface area contributed by atoms with Crippen molar-refractivity contribution in [1.82, 2.24) is 9.80 Å². The average Bonchev–Trinajstić information content (AvgIpc) is 2.42. The molecule has 0 aromatic rings. The zero-order chi connectivity index (χ0) is 10.3. The molecule has 4 heteroatoms. The van der Waals surface area contributed by atoms with Crippen molar-refractivity contribution in [2.75, 3.05) is 14.1 Å². The first-order valence-electron chi connectivity index (χ1n) is 5.38. The summed E-state index contributed by atoms with van der Waals surface area (Å²) in [6, 6.07) is 1.93. The van der Waals surface area contributed by atoms with Crippen LogP contribution >= 0.6 is 0 Å². The van der Waals surface area contributed by atoms with Crippen LogP contribution in [0.1, 0.15) is 25.7 Å². The highest BCUT2D eigenvalue weighted by atomic mass is 15.3. The fraction of sp³-hybridized carbons (Fsp3) is 0.900. The standard InChI is InChI=1S/C10H20N4/c1-13-7-3-4-8(13)6-9(5-7)14(2)10(11)12/h7-9H,3-6H2,1-2H3,(H3,11,12). The summed E-state index contributed by atoms with van der Waals surface area (Å²) in [7, 11) is 4.17. The number of fused-ring (bicyclic) bond motifs is 2. The monoisotopic (exact) mass is 196 g/mol. The zero-order valence-corrected chi connectivity index (χ0v) is 9.03. The number of piperidine rings is 1. The zero-order valence-electron chi connectivity index (χ0n) is 9.03. The molecular weight excluding hydrogens is 176 g/mol. The lowest BCUT2D eigenvalue weighted by molar-refractivity contribution is 0.119. The number of hydrogen-bond acceptors (Lipinski definition) is 2. The first-order chi connectivity index (χ1) is 6.59. The van der Waals surface area contributed by atoms with E-state index in [-0.39, 0.29) is 5.96 Å². The Bertz CT molecular complexity index is 226. The number of guanidine groups is 1. The lowest BCUT2D eigenvalue weighted by Crippen LogP contribution is -2.50. The van der Waals surface area contributed by atoms with Gasteiger partial charge < -0.3 is 15.5 Å². The molecule has 0 saturated carbocycles. The number of nitrogens with zero attached hydrogens (tertiary/aromatic N) is 2. The fourth-order valence-corrected chi connectivity index (χ4v) is 2.90. The molecule has 0 aromatic heterocycles. The minimum absolute atomic E-state index is 0.207. The molecule has 2 unspecified atom stereocenters. The molecule has 0 aliphatic carbocycles. The van der Waals surface area contributed by atoms with E-state index in [0.29, 0.717) is 6.04 Å². The molecule has 2 aliphatic heterocycles. The molecule has 0 aromatic carbocycles. The van der Waals surface area contributed by atoms with Crippen molar-refractivity contribution in [3.8, 4) is 0 Å². The van der Waals surface area contributed by atoms with Gasteiger partial charge in [0.25, 0.3) is 0 Å². The molecular formula is C10H20N4. The minimum atomic E-state index is 0.207. The third-order valence-corrected chi connectivity index (χ3v) is 4.00. The van der Waals surface area contributed by atoms with Crippen molar-refractivity contribution in [1.29, 1.82) is 5.41 Å². The SMILES string of the molecule is CN(C(=N)N)C1CC2CCC(C1)N2C. The van der Waals surface area contributed by atoms with Gasteiger partial charge in [0.2, 0.25) is 0 Å². The van der Waals surface area contributed by atoms with E-state index in [0.717, 1.165) is 12.1 Å². The van der Waals surface area contributed by atoms with E-state index < -0.39 is 0 Å². The van der Waals surface area contributed by atoms with Crippen molar-refractivity contribution < 1.29 is 0 Å². The first kappa shape index (κ1) is 9.77. The molecule has 80 valence electrons. The summed E-state index contributed by atoms with van der Waals surface area (Å²) in [5.74, 6) is 0.207. The Balaban J connectivity index is 2.02. The van der Waals surface area contributed by atoms with Gasteiger partial charge in [-0.1, -0.05) is 0 Å². The van der Waals surface area contributed by atoms with Crippen LogP contribution in [0.25, 0.3) is 0 Å². The highest BCUT2D eigenvalue weighted by Crippen LogP contribution is 2.35. The highest BCUT2D eigenvalue weighted by molar-refractivity contribution is 5.74. The summed E-state index contributed by atoms with van der Waals surface area (Å²) in [6.07, 6.45) is 4.99. The minimum Gasteiger partial charge on any atom is -0.370 e. The van der Waals surface area contributed by atoms with Gasteiger partial charge in [-0.15, -0.1) is 0 Å². The Kier molecular flexibility index (Phi) is 2.39. The van der Waals surface area contributed by atoms with E-state index in [2.05, 4.69) is 11.9 Å². The van der Waals surface area contributed by atoms with Crippen LogP contribution in [0.5, 0.6) is 0 Å². The maximum Gasteiger partial charge on any atom is 0.188 e. The summed E-state index contributed by atoms with van der Waals surface area (Å²) >= 11 is 0. The molecule has 2 atom stereocenters. The molecule has 2 heterocycles. The van der Waals surface area contributed by atoms with Crippen LogP contribution < -0.4 is 5.73 Å². The molecule has 2 aliphatic rings. The summed E-state index contributed by atoms with van der Waals surface area (Å²) in [5, 5.41) is 7.43. The molecule has 0 amide bonds. The Hall–Kier alpha value is -0.770. The van der Waals surface area contributed by atoms with Crippen molar-refractivity contribution in [3.63, 3.8) is 0 Å². The van der Waals surface area contributed by atoms with Gasteiger partial charge in [-0.2, -0.15) is 0 Å². The third kappa shape index (κ3) is 1.47. The Morgan fingerprint density at radius 3 is 2.29 bits per heavy atom. The molecule has 14 heavy (non-hydrogen) atoms. The first-order valence-corrected chi connectivity index (χ1v) is 5.38. The van der Waals surface area contributed by atoms with Crippen molar-refractivity contribution in [2.45, 2.75) is 43.8 Å². The van der Waals surface area contributed by atoms with E-state index in [1.54, 1.807) is 0 Å². The third-order valence-electron chi connectivity index (χ3n) is 4.00. The van der Waals surface area contributed by atoms with E-state index in [1.807, 2.05) is 11.9 Å². The normalized spacial score (nSPS) is 37.1. The van der Waals surface area contributed by atoms with Crippen molar-refractivity contribution in [2.24, 2.45) is 5.73 Å². The average molecular weight is 196 g/mol. The number of hydrogen-bond donors (Lipinski definition) is 2. The van der Waals surface area contributed by atoms with Crippen LogP contribution in [-0.4, -0.2) is 48.0 Å². The van der Waals surface area contributed by atoms with Gasteiger partial charge in [0, 0.05) is 25.2 Å². The number of nitrogens with one attached hydrogen (secondary N) is 1. The van der Waals surface area contributed by atoms with Crippen molar-refractivity contribution >= 4 is 5.96 Å². The van der Waals surface area contributed by atoms with Crippen LogP contribution in [0.4, 0.5) is 0 Å². The molecule has 2 fully saturated rings. The number of rotatable bonds is 1. The van der Waals surface area contributed by atoms with E-state index in [1.165, 1.54) is 25.7 Å². The lowest BCUT2D eigenvalue weighted by atomic mass is 9.97. The molecule has 2 rings (SSSR count). The van der Waals surface area contributed by atoms with Crippen LogP contribution in [0.2, 0.25) is 0 Å². The topological polar surface area (TPSA) is 56.4 Å². The van der Waals surface area contributed by atoms with Crippen molar-refractivity contribution in [3.05, 3.63) is 0 Å². The van der Waals surface area contributed by atoms with Gasteiger partial charge in [-0.05, 0) is 32.7 Å². The molecule has 4 nitrogen and oxygen atoms in total. The van der Waals surface area contributed by atoms with E-state index in [4.69, 9.17) is 11.1 Å². The maximum absolute atomic E-state index is 7.43. The second kappa shape index (κ2) is 3.42. The predicted molar refractivity (Wildman–Crippen MR) is 57.3 cm³/mol. The van der Waals surface area contributed by atoms with E-state index >= 15 is 0 Å². The van der Waals surface area contributed by atoms with Gasteiger partial charge in [0.1, 0.15) is 0 Å². The fourth-order valence-electron chi connectivity index (χ4n) is 2.90. The summed E-state index contributed by atoms with van der Waals surface area (Å²) in [4.78, 5) is 4.43. The highest BCUT2D eigenvalue weighted by Gasteiger charge is 2.39. The lowest BCUT2D eigenvalue weighted by Gasteiger charge is -2.40. The van der Waals surface area contributed by atoms with E-state index in [9.17, 15) is 0 Å². The van der Waals surface area contributed by atoms with Gasteiger partial charge >= 0.3 is 0 Å². The van der Waals surface area contributed by atoms with Gasteiger partial charge in [-0.25, -0.2) is 0 Å². The smallest absolute Gasteiger partial charge is 0.188 e. The molecule has 0 radical (unpaired) electrons. The van der Waals surface area contributed by atoms with Gasteiger partial charge in [0.05, 0.1) is 0 Å². The van der Waals surface area contributed by atoms with Crippen LogP contribution in [0.3, 0.4) is 0 Å². The summed E-state index contributed by atoms with van der Waals surface area (Å²) in [6.45, 7) is 0.